The van der Waals surface area contributed by atoms with Crippen LogP contribution >= 0.6 is 23.1 Å². The summed E-state index contributed by atoms with van der Waals surface area (Å²) in [5.74, 6) is 0.115. The van der Waals surface area contributed by atoms with Gasteiger partial charge >= 0.3 is 0 Å². The second kappa shape index (κ2) is 11.8. The summed E-state index contributed by atoms with van der Waals surface area (Å²) in [6.45, 7) is 1.04. The first-order valence-electron chi connectivity index (χ1n) is 11.2. The van der Waals surface area contributed by atoms with Gasteiger partial charge < -0.3 is 10.1 Å². The molecule has 10 nitrogen and oxygen atoms in total. The first-order chi connectivity index (χ1) is 17.3. The number of nitrogens with zero attached hydrogens (tertiary/aromatic N) is 3. The van der Waals surface area contributed by atoms with Gasteiger partial charge in [0.25, 0.3) is 5.91 Å². The summed E-state index contributed by atoms with van der Waals surface area (Å²) >= 11 is 2.34. The number of thioether (sulfide) groups is 1. The number of piperidine rings is 1. The van der Waals surface area contributed by atoms with E-state index in [2.05, 4.69) is 20.8 Å². The van der Waals surface area contributed by atoms with E-state index in [1.54, 1.807) is 31.4 Å². The molecule has 2 aromatic carbocycles. The summed E-state index contributed by atoms with van der Waals surface area (Å²) in [6.07, 6.45) is 2.75. The molecule has 3 aromatic rings. The quantitative estimate of drug-likeness (QED) is 0.306. The van der Waals surface area contributed by atoms with Gasteiger partial charge in [0.15, 0.2) is 4.34 Å². The van der Waals surface area contributed by atoms with Crippen molar-refractivity contribution in [2.75, 3.05) is 36.6 Å². The maximum atomic E-state index is 12.8. The highest BCUT2D eigenvalue weighted by Crippen LogP contribution is 2.27. The van der Waals surface area contributed by atoms with E-state index < -0.39 is 15.9 Å². The average Bonchev–Trinajstić information content (AvgIpc) is 3.35. The Kier molecular flexibility index (Phi) is 8.56. The Bertz CT molecular complexity index is 1320. The topological polar surface area (TPSA) is 131 Å². The molecule has 2 N–H and O–H groups in total. The fourth-order valence-electron chi connectivity index (χ4n) is 3.55. The van der Waals surface area contributed by atoms with E-state index in [9.17, 15) is 18.0 Å². The zero-order valence-electron chi connectivity index (χ0n) is 19.5. The molecule has 2 heterocycles. The minimum atomic E-state index is -3.56. The number of amides is 2. The monoisotopic (exact) mass is 547 g/mol. The number of aromatic nitrogens is 2. The van der Waals surface area contributed by atoms with E-state index in [1.807, 2.05) is 0 Å². The number of ether oxygens (including phenoxy) is 1. The molecule has 1 aliphatic heterocycles. The van der Waals surface area contributed by atoms with Crippen molar-refractivity contribution in [3.8, 4) is 5.75 Å². The van der Waals surface area contributed by atoms with Crippen molar-refractivity contribution in [3.05, 3.63) is 54.1 Å². The molecule has 0 aliphatic carbocycles. The molecular weight excluding hydrogens is 522 g/mol. The van der Waals surface area contributed by atoms with Gasteiger partial charge in [0.1, 0.15) is 5.75 Å². The smallest absolute Gasteiger partial charge is 0.257 e. The number of hydrogen-bond donors (Lipinski definition) is 2. The van der Waals surface area contributed by atoms with Gasteiger partial charge in [0.2, 0.25) is 21.1 Å². The second-order valence-corrected chi connectivity index (χ2v) is 12.0. The SMILES string of the molecule is COc1cccc(NC(=O)CSc2nnc(NC(=O)c3ccc(S(=O)(=O)N4CCCCC4)cc3)s2)c1. The lowest BCUT2D eigenvalue weighted by molar-refractivity contribution is -0.113. The largest absolute Gasteiger partial charge is 0.497 e. The number of sulfonamides is 1. The highest BCUT2D eigenvalue weighted by atomic mass is 32.2. The minimum Gasteiger partial charge on any atom is -0.497 e. The van der Waals surface area contributed by atoms with E-state index in [1.165, 1.54) is 40.3 Å². The Morgan fingerprint density at radius 1 is 1.06 bits per heavy atom. The van der Waals surface area contributed by atoms with Gasteiger partial charge in [-0.3, -0.25) is 14.9 Å². The summed E-state index contributed by atoms with van der Waals surface area (Å²) in [5.41, 5.74) is 0.926. The molecule has 0 spiro atoms. The summed E-state index contributed by atoms with van der Waals surface area (Å²) in [7, 11) is -2.00. The maximum absolute atomic E-state index is 12.8. The fourth-order valence-corrected chi connectivity index (χ4v) is 6.61. The molecule has 0 saturated carbocycles. The first-order valence-corrected chi connectivity index (χ1v) is 14.4. The zero-order chi connectivity index (χ0) is 25.5. The Hall–Kier alpha value is -3.00. The summed E-state index contributed by atoms with van der Waals surface area (Å²) in [6, 6.07) is 12.9. The fraction of sp³-hybridized carbons (Fsp3) is 0.304. The average molecular weight is 548 g/mol. The van der Waals surface area contributed by atoms with Gasteiger partial charge in [-0.15, -0.1) is 10.2 Å². The summed E-state index contributed by atoms with van der Waals surface area (Å²) < 4.78 is 32.7. The molecule has 4 rings (SSSR count). The highest BCUT2D eigenvalue weighted by molar-refractivity contribution is 8.01. The van der Waals surface area contributed by atoms with Crippen molar-refractivity contribution < 1.29 is 22.7 Å². The second-order valence-electron chi connectivity index (χ2n) is 7.89. The van der Waals surface area contributed by atoms with Crippen LogP contribution in [0.5, 0.6) is 5.75 Å². The minimum absolute atomic E-state index is 0.118. The van der Waals surface area contributed by atoms with Crippen LogP contribution in [0.3, 0.4) is 0 Å². The Balaban J connectivity index is 1.29. The molecule has 1 aromatic heterocycles. The summed E-state index contributed by atoms with van der Waals surface area (Å²) in [5, 5.41) is 13.7. The predicted molar refractivity (Wildman–Crippen MR) is 139 cm³/mol. The van der Waals surface area contributed by atoms with Crippen molar-refractivity contribution >= 4 is 55.8 Å². The van der Waals surface area contributed by atoms with Crippen LogP contribution in [-0.2, 0) is 14.8 Å². The third kappa shape index (κ3) is 6.60. The van der Waals surface area contributed by atoms with Crippen LogP contribution in [0.15, 0.2) is 57.8 Å². The van der Waals surface area contributed by atoms with Gasteiger partial charge in [-0.25, -0.2) is 8.42 Å². The lowest BCUT2D eigenvalue weighted by atomic mass is 10.2. The zero-order valence-corrected chi connectivity index (χ0v) is 21.9. The van der Waals surface area contributed by atoms with Crippen molar-refractivity contribution in [3.63, 3.8) is 0 Å². The van der Waals surface area contributed by atoms with Gasteiger partial charge in [0, 0.05) is 30.4 Å². The summed E-state index contributed by atoms with van der Waals surface area (Å²) in [4.78, 5) is 25.0. The molecule has 2 amide bonds. The van der Waals surface area contributed by atoms with Crippen molar-refractivity contribution in [1.82, 2.24) is 14.5 Å². The molecule has 13 heteroatoms. The van der Waals surface area contributed by atoms with E-state index in [0.717, 1.165) is 30.6 Å². The molecular formula is C23H25N5O5S3. The first kappa shape index (κ1) is 26.1. The van der Waals surface area contributed by atoms with Crippen LogP contribution in [0.4, 0.5) is 10.8 Å². The highest BCUT2D eigenvalue weighted by Gasteiger charge is 2.26. The van der Waals surface area contributed by atoms with Crippen LogP contribution < -0.4 is 15.4 Å². The lowest BCUT2D eigenvalue weighted by Crippen LogP contribution is -2.35. The molecule has 0 atom stereocenters. The van der Waals surface area contributed by atoms with Gasteiger partial charge in [0.05, 0.1) is 17.8 Å². The van der Waals surface area contributed by atoms with Crippen LogP contribution in [0.1, 0.15) is 29.6 Å². The van der Waals surface area contributed by atoms with Crippen LogP contribution in [-0.4, -0.2) is 60.7 Å². The Labute approximate surface area is 217 Å². The van der Waals surface area contributed by atoms with E-state index in [4.69, 9.17) is 4.74 Å². The standard InChI is InChI=1S/C23H25N5O5S3/c1-33-18-7-5-6-17(14-18)24-20(29)15-34-23-27-26-22(35-23)25-21(30)16-8-10-19(11-9-16)36(31,32)28-12-3-2-4-13-28/h5-11,14H,2-4,12-13,15H2,1H3,(H,24,29)(H,25,26,30). The molecule has 1 aliphatic rings. The van der Waals surface area contributed by atoms with E-state index >= 15 is 0 Å². The Morgan fingerprint density at radius 2 is 1.81 bits per heavy atom. The van der Waals surface area contributed by atoms with Crippen molar-refractivity contribution in [2.45, 2.75) is 28.5 Å². The molecule has 1 fully saturated rings. The number of nitrogens with one attached hydrogen (secondary N) is 2. The third-order valence-corrected chi connectivity index (χ3v) is 9.26. The van der Waals surface area contributed by atoms with Crippen molar-refractivity contribution in [2.24, 2.45) is 0 Å². The normalized spacial score (nSPS) is 14.2. The molecule has 190 valence electrons. The van der Waals surface area contributed by atoms with Crippen LogP contribution in [0.2, 0.25) is 0 Å². The molecule has 36 heavy (non-hydrogen) atoms. The number of anilines is 2. The van der Waals surface area contributed by atoms with Gasteiger partial charge in [-0.1, -0.05) is 35.6 Å². The number of benzene rings is 2. The number of carbonyl (C=O) groups is 2. The van der Waals surface area contributed by atoms with Crippen LogP contribution in [0, 0.1) is 0 Å². The molecule has 0 unspecified atom stereocenters. The molecule has 0 bridgehead atoms. The number of rotatable bonds is 9. The van der Waals surface area contributed by atoms with Gasteiger partial charge in [-0.05, 0) is 49.2 Å². The lowest BCUT2D eigenvalue weighted by Gasteiger charge is -2.25. The number of hydrogen-bond acceptors (Lipinski definition) is 9. The van der Waals surface area contributed by atoms with E-state index in [-0.39, 0.29) is 21.7 Å². The van der Waals surface area contributed by atoms with Gasteiger partial charge in [-0.2, -0.15) is 4.31 Å². The van der Waals surface area contributed by atoms with Crippen molar-refractivity contribution in [1.29, 1.82) is 0 Å². The molecule has 1 saturated heterocycles. The Morgan fingerprint density at radius 3 is 2.53 bits per heavy atom. The number of methoxy groups -OCH3 is 1. The third-order valence-electron chi connectivity index (χ3n) is 5.38. The molecule has 0 radical (unpaired) electrons. The predicted octanol–water partition coefficient (Wildman–Crippen LogP) is 3.70. The van der Waals surface area contributed by atoms with Crippen LogP contribution in [0.25, 0.3) is 0 Å². The maximum Gasteiger partial charge on any atom is 0.257 e. The van der Waals surface area contributed by atoms with E-state index in [0.29, 0.717) is 34.4 Å². The number of carbonyl (C=O) groups excluding carboxylic acids is 2.